The van der Waals surface area contributed by atoms with E-state index in [1.807, 2.05) is 0 Å². The van der Waals surface area contributed by atoms with Crippen LogP contribution in [0.1, 0.15) is 171 Å². The predicted octanol–water partition coefficient (Wildman–Crippen LogP) is 15.9. The Balaban J connectivity index is 1.71. The molecule has 8 unspecified atom stereocenters. The number of nitrogens with zero attached hydrogens (tertiary/aromatic N) is 1. The lowest BCUT2D eigenvalue weighted by Gasteiger charge is -2.51. The summed E-state index contributed by atoms with van der Waals surface area (Å²) in [6.07, 6.45) is 28.5. The molecule has 3 fully saturated rings. The van der Waals surface area contributed by atoms with E-state index in [9.17, 15) is 0 Å². The van der Waals surface area contributed by atoms with Gasteiger partial charge in [0.15, 0.2) is 0 Å². The van der Waals surface area contributed by atoms with Gasteiger partial charge in [-0.05, 0) is 168 Å². The Morgan fingerprint density at radius 3 is 2.26 bits per heavy atom. The summed E-state index contributed by atoms with van der Waals surface area (Å²) in [5.41, 5.74) is 8.57. The highest BCUT2D eigenvalue weighted by Crippen LogP contribution is 2.54. The summed E-state index contributed by atoms with van der Waals surface area (Å²) < 4.78 is 0. The van der Waals surface area contributed by atoms with Crippen LogP contribution in [0.4, 0.5) is 0 Å². The molecule has 0 spiro atoms. The van der Waals surface area contributed by atoms with Crippen LogP contribution in [0.25, 0.3) is 0 Å². The zero-order chi connectivity index (χ0) is 39.7. The fourth-order valence-corrected chi connectivity index (χ4v) is 12.1. The van der Waals surface area contributed by atoms with Crippen LogP contribution in [0.5, 0.6) is 0 Å². The van der Waals surface area contributed by atoms with Crippen LogP contribution in [-0.2, 0) is 0 Å². The van der Waals surface area contributed by atoms with E-state index >= 15 is 0 Å². The van der Waals surface area contributed by atoms with Gasteiger partial charge in [0.1, 0.15) is 0 Å². The maximum atomic E-state index is 4.98. The summed E-state index contributed by atoms with van der Waals surface area (Å²) >= 11 is 0. The molecule has 2 aliphatic heterocycles. The molecule has 0 amide bonds. The van der Waals surface area contributed by atoms with Gasteiger partial charge in [-0.3, -0.25) is 0 Å². The molecule has 4 aliphatic rings. The Hall–Kier alpha value is -2.02. The third-order valence-electron chi connectivity index (χ3n) is 16.2. The maximum Gasteiger partial charge on any atom is 0.0499 e. The number of piperidine rings is 1. The normalized spacial score (nSPS) is 39.9. The second-order valence-electron chi connectivity index (χ2n) is 20.1. The number of rotatable bonds is 6. The third-order valence-corrected chi connectivity index (χ3v) is 16.2. The molecule has 12 atom stereocenters. The van der Waals surface area contributed by atoms with Gasteiger partial charge >= 0.3 is 0 Å². The topological polar surface area (TPSA) is 3.24 Å². The van der Waals surface area contributed by atoms with Crippen LogP contribution in [0.2, 0.25) is 0 Å². The van der Waals surface area contributed by atoms with E-state index in [1.165, 1.54) is 118 Å². The summed E-state index contributed by atoms with van der Waals surface area (Å²) in [6.45, 7) is 47.1. The van der Waals surface area contributed by atoms with E-state index in [1.54, 1.807) is 5.57 Å². The molecule has 1 nitrogen and oxygen atoms in total. The summed E-state index contributed by atoms with van der Waals surface area (Å²) in [5.74, 6) is 6.73. The zero-order valence-electron chi connectivity index (χ0n) is 37.3. The molecule has 54 heavy (non-hydrogen) atoms. The number of fused-ring (bicyclic) bond motifs is 3. The van der Waals surface area contributed by atoms with Crippen molar-refractivity contribution in [2.45, 2.75) is 178 Å². The molecule has 2 bridgehead atoms. The fraction of sp³-hybridized carbons (Fsp3) is 0.736. The lowest BCUT2D eigenvalue weighted by atomic mass is 9.56. The Morgan fingerprint density at radius 2 is 1.57 bits per heavy atom. The van der Waals surface area contributed by atoms with Crippen molar-refractivity contribution in [1.82, 2.24) is 4.90 Å². The Labute approximate surface area is 337 Å². The van der Waals surface area contributed by atoms with Crippen LogP contribution in [0, 0.1) is 64.6 Å². The monoisotopic (exact) mass is 738 g/mol. The van der Waals surface area contributed by atoms with Crippen molar-refractivity contribution in [3.05, 3.63) is 84.7 Å². The number of hydrogen-bond donors (Lipinski definition) is 0. The molecule has 0 aromatic rings. The van der Waals surface area contributed by atoms with Gasteiger partial charge in [-0.2, -0.15) is 0 Å². The SMILES string of the molecule is C=CCC1/C=C(\C)C[C@H](C)CCC2CC(C)(C(=C)C(=C)N3CCCCC3C(=C)C[C@H](/C(C)=C/C3CC[C@@H](C)C(CC)C3)[C@H](C)CCC1=C)C(C)CC2CC. The van der Waals surface area contributed by atoms with E-state index in [0.29, 0.717) is 41.5 Å². The number of hydrogen-bond acceptors (Lipinski definition) is 1. The largest absolute Gasteiger partial charge is 0.365 e. The molecular formula is C53H87N. The minimum atomic E-state index is 0.0804. The Kier molecular flexibility index (Phi) is 16.9. The highest BCUT2D eigenvalue weighted by molar-refractivity contribution is 5.34. The summed E-state index contributed by atoms with van der Waals surface area (Å²) in [5, 5.41) is 0. The van der Waals surface area contributed by atoms with Crippen molar-refractivity contribution < 1.29 is 0 Å². The highest BCUT2D eigenvalue weighted by Gasteiger charge is 2.45. The molecule has 2 heterocycles. The van der Waals surface area contributed by atoms with Crippen molar-refractivity contribution in [2.24, 2.45) is 64.6 Å². The molecule has 1 saturated heterocycles. The zero-order valence-corrected chi connectivity index (χ0v) is 37.3. The molecule has 2 saturated carbocycles. The first-order chi connectivity index (χ1) is 25.6. The van der Waals surface area contributed by atoms with Gasteiger partial charge in [0, 0.05) is 24.2 Å². The average Bonchev–Trinajstić information content (AvgIpc) is 3.15. The fourth-order valence-electron chi connectivity index (χ4n) is 12.1. The van der Waals surface area contributed by atoms with Gasteiger partial charge in [0.25, 0.3) is 0 Å². The molecule has 2 aliphatic carbocycles. The smallest absolute Gasteiger partial charge is 0.0499 e. The van der Waals surface area contributed by atoms with Crippen LogP contribution < -0.4 is 0 Å². The molecular weight excluding hydrogens is 651 g/mol. The van der Waals surface area contributed by atoms with E-state index in [2.05, 4.69) is 92.0 Å². The average molecular weight is 738 g/mol. The second kappa shape index (κ2) is 20.4. The Bertz CT molecular complexity index is 1350. The predicted molar refractivity (Wildman–Crippen MR) is 240 cm³/mol. The van der Waals surface area contributed by atoms with Gasteiger partial charge < -0.3 is 4.90 Å². The van der Waals surface area contributed by atoms with Crippen LogP contribution in [0.15, 0.2) is 84.7 Å². The third kappa shape index (κ3) is 11.1. The van der Waals surface area contributed by atoms with Crippen molar-refractivity contribution in [2.75, 3.05) is 6.54 Å². The molecule has 0 aromatic heterocycles. The van der Waals surface area contributed by atoms with Crippen molar-refractivity contribution in [1.29, 1.82) is 0 Å². The summed E-state index contributed by atoms with van der Waals surface area (Å²) in [4.78, 5) is 2.68. The maximum absolute atomic E-state index is 4.98. The van der Waals surface area contributed by atoms with E-state index in [4.69, 9.17) is 26.3 Å². The number of allylic oxidation sites excluding steroid dienone is 7. The molecule has 4 rings (SSSR count). The van der Waals surface area contributed by atoms with Crippen molar-refractivity contribution >= 4 is 0 Å². The highest BCUT2D eigenvalue weighted by atomic mass is 15.2. The van der Waals surface area contributed by atoms with Gasteiger partial charge in [0.2, 0.25) is 0 Å². The molecule has 0 radical (unpaired) electrons. The molecule has 0 N–H and O–H groups in total. The summed E-state index contributed by atoms with van der Waals surface area (Å²) in [6, 6.07) is 0.349. The molecule has 1 heteroatoms. The van der Waals surface area contributed by atoms with Crippen LogP contribution in [-0.4, -0.2) is 17.5 Å². The quantitative estimate of drug-likeness (QED) is 0.245. The molecule has 304 valence electrons. The van der Waals surface area contributed by atoms with Gasteiger partial charge in [-0.1, -0.05) is 135 Å². The van der Waals surface area contributed by atoms with Gasteiger partial charge in [-0.15, -0.1) is 6.58 Å². The van der Waals surface area contributed by atoms with E-state index in [0.717, 1.165) is 49.5 Å². The second-order valence-corrected chi connectivity index (χ2v) is 20.1. The first kappa shape index (κ1) is 44.7. The van der Waals surface area contributed by atoms with Crippen molar-refractivity contribution in [3.63, 3.8) is 0 Å². The minimum absolute atomic E-state index is 0.0804. The van der Waals surface area contributed by atoms with E-state index < -0.39 is 0 Å². The Morgan fingerprint density at radius 1 is 0.852 bits per heavy atom. The van der Waals surface area contributed by atoms with E-state index in [-0.39, 0.29) is 5.41 Å². The standard InChI is InChI=1S/C53H87N/c1-15-20-49-30-37(5)29-36(4)22-27-50-35-53(14,43(11)33-48(50)17-3)44(12)45(13)54-28-19-18-21-52(54)42(10)32-51(40(8)24-23-39(49)7)41(9)31-46-26-25-38(6)47(16-2)34-46/h15,30-31,36,38,40,43,46-52H,1,7,10,12-13,16-29,32-35H2,2-6,8-9,11,14H3/b37-30+,41-31+/t36-,38-,40-,43?,46?,47?,48?,49?,50?,51+,52?,53?/m1/s1. The van der Waals surface area contributed by atoms with Crippen LogP contribution >= 0.6 is 0 Å². The summed E-state index contributed by atoms with van der Waals surface area (Å²) in [7, 11) is 0. The van der Waals surface area contributed by atoms with Crippen molar-refractivity contribution in [3.8, 4) is 0 Å². The minimum Gasteiger partial charge on any atom is -0.365 e. The molecule has 0 aromatic carbocycles. The van der Waals surface area contributed by atoms with Gasteiger partial charge in [-0.25, -0.2) is 0 Å². The van der Waals surface area contributed by atoms with Gasteiger partial charge in [0.05, 0.1) is 0 Å². The lowest BCUT2D eigenvalue weighted by Crippen LogP contribution is -2.45. The van der Waals surface area contributed by atoms with Crippen LogP contribution in [0.3, 0.4) is 0 Å². The lowest BCUT2D eigenvalue weighted by molar-refractivity contribution is 0.0578. The first-order valence-corrected chi connectivity index (χ1v) is 23.1. The first-order valence-electron chi connectivity index (χ1n) is 23.1.